The van der Waals surface area contributed by atoms with Gasteiger partial charge in [-0.15, -0.1) is 0 Å². The zero-order valence-electron chi connectivity index (χ0n) is 16.6. The summed E-state index contributed by atoms with van der Waals surface area (Å²) >= 11 is 0. The molecule has 0 aromatic heterocycles. The number of Topliss-reactive ketones (excluding diaryl/α,β-unsaturated/α-hetero) is 1. The highest BCUT2D eigenvalue weighted by atomic mass is 16.1. The first-order chi connectivity index (χ1) is 12.2. The Morgan fingerprint density at radius 3 is 2.60 bits per heavy atom. The average Bonchev–Trinajstić information content (AvgIpc) is 2.66. The van der Waals surface area contributed by atoms with E-state index in [4.69, 9.17) is 0 Å². The van der Waals surface area contributed by atoms with E-state index in [1.54, 1.807) is 0 Å². The Balaban J connectivity index is 1.73. The van der Waals surface area contributed by atoms with Crippen molar-refractivity contribution in [2.45, 2.75) is 103 Å². The molecule has 0 amide bonds. The molecule has 0 spiro atoms. The van der Waals surface area contributed by atoms with Crippen LogP contribution in [0.15, 0.2) is 24.3 Å². The van der Waals surface area contributed by atoms with E-state index in [2.05, 4.69) is 38.1 Å². The normalized spacial score (nSPS) is 16.7. The van der Waals surface area contributed by atoms with Crippen molar-refractivity contribution in [1.82, 2.24) is 0 Å². The molecule has 25 heavy (non-hydrogen) atoms. The summed E-state index contributed by atoms with van der Waals surface area (Å²) in [4.78, 5) is 12.3. The Bertz CT molecular complexity index is 499. The summed E-state index contributed by atoms with van der Waals surface area (Å²) in [7, 11) is 0. The zero-order valence-corrected chi connectivity index (χ0v) is 16.6. The summed E-state index contributed by atoms with van der Waals surface area (Å²) in [6.45, 7) is 4.49. The molecule has 1 aromatic rings. The van der Waals surface area contributed by atoms with Gasteiger partial charge in [0.2, 0.25) is 0 Å². The van der Waals surface area contributed by atoms with Gasteiger partial charge in [-0.2, -0.15) is 0 Å². The molecule has 1 atom stereocenters. The van der Waals surface area contributed by atoms with Crippen LogP contribution in [0.5, 0.6) is 0 Å². The Kier molecular flexibility index (Phi) is 9.29. The third-order valence-corrected chi connectivity index (χ3v) is 6.03. The van der Waals surface area contributed by atoms with E-state index in [9.17, 15) is 4.79 Å². The van der Waals surface area contributed by atoms with Crippen LogP contribution in [0.4, 0.5) is 0 Å². The maximum Gasteiger partial charge on any atom is 0.132 e. The van der Waals surface area contributed by atoms with Crippen LogP contribution in [-0.4, -0.2) is 5.78 Å². The molecule has 0 bridgehead atoms. The van der Waals surface area contributed by atoms with Gasteiger partial charge >= 0.3 is 0 Å². The van der Waals surface area contributed by atoms with Crippen LogP contribution in [0.1, 0.15) is 108 Å². The third-order valence-electron chi connectivity index (χ3n) is 6.03. The molecule has 0 saturated heterocycles. The van der Waals surface area contributed by atoms with E-state index in [-0.39, 0.29) is 0 Å². The second-order valence-corrected chi connectivity index (χ2v) is 8.06. The summed E-state index contributed by atoms with van der Waals surface area (Å²) < 4.78 is 0. The molecule has 0 heterocycles. The molecule has 0 radical (unpaired) electrons. The van der Waals surface area contributed by atoms with Crippen molar-refractivity contribution in [2.24, 2.45) is 5.92 Å². The lowest BCUT2D eigenvalue weighted by atomic mass is 9.85. The predicted molar refractivity (Wildman–Crippen MR) is 108 cm³/mol. The van der Waals surface area contributed by atoms with Crippen molar-refractivity contribution in [1.29, 1.82) is 0 Å². The fourth-order valence-electron chi connectivity index (χ4n) is 4.40. The van der Waals surface area contributed by atoms with Gasteiger partial charge in [0.15, 0.2) is 0 Å². The van der Waals surface area contributed by atoms with Crippen LogP contribution in [0.25, 0.3) is 0 Å². The van der Waals surface area contributed by atoms with Gasteiger partial charge in [0, 0.05) is 12.8 Å². The summed E-state index contributed by atoms with van der Waals surface area (Å²) in [5, 5.41) is 0. The summed E-state index contributed by atoms with van der Waals surface area (Å²) in [6, 6.07) is 9.09. The molecule has 1 nitrogen and oxygen atoms in total. The lowest BCUT2D eigenvalue weighted by molar-refractivity contribution is -0.119. The number of hydrogen-bond acceptors (Lipinski definition) is 1. The van der Waals surface area contributed by atoms with Gasteiger partial charge < -0.3 is 0 Å². The van der Waals surface area contributed by atoms with Crippen LogP contribution in [0, 0.1) is 5.92 Å². The Labute approximate surface area is 155 Å². The molecule has 1 fully saturated rings. The lowest BCUT2D eigenvalue weighted by Gasteiger charge is -2.21. The van der Waals surface area contributed by atoms with Crippen LogP contribution < -0.4 is 0 Å². The number of aryl methyl sites for hydroxylation is 1. The van der Waals surface area contributed by atoms with Crippen molar-refractivity contribution >= 4 is 5.78 Å². The maximum atomic E-state index is 12.3. The first-order valence-electron chi connectivity index (χ1n) is 10.8. The van der Waals surface area contributed by atoms with Crippen molar-refractivity contribution in [2.75, 3.05) is 0 Å². The van der Waals surface area contributed by atoms with E-state index in [0.717, 1.165) is 44.4 Å². The van der Waals surface area contributed by atoms with Gasteiger partial charge in [-0.05, 0) is 55.1 Å². The van der Waals surface area contributed by atoms with Crippen molar-refractivity contribution in [3.05, 3.63) is 35.4 Å². The molecule has 1 aliphatic rings. The smallest absolute Gasteiger partial charge is 0.132 e. The Hall–Kier alpha value is -1.11. The number of rotatable bonds is 11. The number of benzene rings is 1. The maximum absolute atomic E-state index is 12.3. The van der Waals surface area contributed by atoms with Gasteiger partial charge in [0.25, 0.3) is 0 Å². The highest BCUT2D eigenvalue weighted by molar-refractivity contribution is 5.78. The zero-order chi connectivity index (χ0) is 17.9. The second kappa shape index (κ2) is 11.5. The minimum absolute atomic E-state index is 0.503. The summed E-state index contributed by atoms with van der Waals surface area (Å²) in [6.07, 6.45) is 15.4. The van der Waals surface area contributed by atoms with Crippen molar-refractivity contribution < 1.29 is 4.79 Å². The second-order valence-electron chi connectivity index (χ2n) is 8.06. The fraction of sp³-hybridized carbons (Fsp3) is 0.708. The molecule has 1 saturated carbocycles. The summed E-state index contributed by atoms with van der Waals surface area (Å²) in [5.41, 5.74) is 2.91. The minimum Gasteiger partial charge on any atom is -0.300 e. The number of hydrogen-bond donors (Lipinski definition) is 0. The van der Waals surface area contributed by atoms with Gasteiger partial charge in [0.1, 0.15) is 5.78 Å². The third kappa shape index (κ3) is 7.34. The van der Waals surface area contributed by atoms with E-state index in [1.807, 2.05) is 0 Å². The highest BCUT2D eigenvalue weighted by Crippen LogP contribution is 2.29. The quantitative estimate of drug-likeness (QED) is 0.414. The van der Waals surface area contributed by atoms with Gasteiger partial charge in [0.05, 0.1) is 0 Å². The standard InChI is InChI=1S/C24H38O/c1-3-10-22(23-15-8-13-20(4-2)19-23)14-9-16-24(25)18-17-21-11-6-5-7-12-21/h8,13,15,19,21-22H,3-7,9-12,14,16-18H2,1-2H3. The Morgan fingerprint density at radius 2 is 1.88 bits per heavy atom. The molecular formula is C24H38O. The molecule has 140 valence electrons. The predicted octanol–water partition coefficient (Wildman–Crippen LogP) is 7.23. The minimum atomic E-state index is 0.503. The monoisotopic (exact) mass is 342 g/mol. The molecule has 1 aliphatic carbocycles. The first-order valence-corrected chi connectivity index (χ1v) is 10.8. The van der Waals surface area contributed by atoms with Gasteiger partial charge in [-0.25, -0.2) is 0 Å². The molecule has 1 unspecified atom stereocenters. The number of carbonyl (C=O) groups excluding carboxylic acids is 1. The van der Waals surface area contributed by atoms with Gasteiger partial charge in [-0.1, -0.05) is 76.6 Å². The molecule has 0 N–H and O–H groups in total. The number of ketones is 1. The van der Waals surface area contributed by atoms with Crippen molar-refractivity contribution in [3.8, 4) is 0 Å². The highest BCUT2D eigenvalue weighted by Gasteiger charge is 2.16. The average molecular weight is 343 g/mol. The molecule has 0 aliphatic heterocycles. The van der Waals surface area contributed by atoms with E-state index in [0.29, 0.717) is 11.7 Å². The van der Waals surface area contributed by atoms with Crippen LogP contribution in [0.3, 0.4) is 0 Å². The van der Waals surface area contributed by atoms with E-state index in [1.165, 1.54) is 56.1 Å². The SMILES string of the molecule is CCCC(CCCC(=O)CCC1CCCCC1)c1cccc(CC)c1. The van der Waals surface area contributed by atoms with Crippen molar-refractivity contribution in [3.63, 3.8) is 0 Å². The van der Waals surface area contributed by atoms with Crippen LogP contribution >= 0.6 is 0 Å². The van der Waals surface area contributed by atoms with Crippen LogP contribution in [0.2, 0.25) is 0 Å². The molecular weight excluding hydrogens is 304 g/mol. The fourth-order valence-corrected chi connectivity index (χ4v) is 4.40. The molecule has 1 heteroatoms. The van der Waals surface area contributed by atoms with E-state index >= 15 is 0 Å². The summed E-state index contributed by atoms with van der Waals surface area (Å²) in [5.74, 6) is 1.97. The topological polar surface area (TPSA) is 17.1 Å². The Morgan fingerprint density at radius 1 is 1.08 bits per heavy atom. The largest absolute Gasteiger partial charge is 0.300 e. The van der Waals surface area contributed by atoms with Crippen LogP contribution in [-0.2, 0) is 11.2 Å². The van der Waals surface area contributed by atoms with E-state index < -0.39 is 0 Å². The molecule has 1 aromatic carbocycles. The molecule has 2 rings (SSSR count). The first kappa shape index (κ1) is 20.2. The lowest BCUT2D eigenvalue weighted by Crippen LogP contribution is -2.09. The number of carbonyl (C=O) groups is 1. The van der Waals surface area contributed by atoms with Gasteiger partial charge in [-0.3, -0.25) is 4.79 Å².